The molecule has 0 spiro atoms. The zero-order valence-corrected chi connectivity index (χ0v) is 13.1. The van der Waals surface area contributed by atoms with E-state index in [2.05, 4.69) is 0 Å². The highest BCUT2D eigenvalue weighted by Crippen LogP contribution is 2.32. The van der Waals surface area contributed by atoms with E-state index in [1.165, 1.54) is 23.5 Å². The van der Waals surface area contributed by atoms with Crippen LogP contribution in [0.1, 0.15) is 15.2 Å². The number of anilines is 1. The summed E-state index contributed by atoms with van der Waals surface area (Å²) in [5.74, 6) is -0.131. The van der Waals surface area contributed by atoms with Crippen LogP contribution in [-0.4, -0.2) is 20.9 Å². The third-order valence-electron chi connectivity index (χ3n) is 3.30. The Balaban J connectivity index is 1.96. The normalized spacial score (nSPS) is 14.3. The lowest BCUT2D eigenvalue weighted by atomic mass is 10.2. The summed E-state index contributed by atoms with van der Waals surface area (Å²) in [6.45, 7) is 0.512. The lowest BCUT2D eigenvalue weighted by Crippen LogP contribution is -2.28. The van der Waals surface area contributed by atoms with Gasteiger partial charge in [-0.25, -0.2) is 13.6 Å². The molecule has 0 fully saturated rings. The molecule has 1 aliphatic rings. The summed E-state index contributed by atoms with van der Waals surface area (Å²) in [4.78, 5) is 14.7. The van der Waals surface area contributed by atoms with E-state index in [0.717, 1.165) is 11.3 Å². The average Bonchev–Trinajstić information content (AvgIpc) is 3.02. The zero-order chi connectivity index (χ0) is 15.2. The van der Waals surface area contributed by atoms with Crippen molar-refractivity contribution in [3.63, 3.8) is 0 Å². The largest absolute Gasteiger partial charge is 0.307 e. The van der Waals surface area contributed by atoms with E-state index in [-0.39, 0.29) is 10.8 Å². The SMILES string of the molecule is NS(=O)(=O)c1ccc2c(c1)CCN2C(=O)c1ccc(Cl)s1. The first-order valence-electron chi connectivity index (χ1n) is 6.09. The number of sulfonamides is 1. The van der Waals surface area contributed by atoms with Gasteiger partial charge in [-0.15, -0.1) is 11.3 Å². The fourth-order valence-electron chi connectivity index (χ4n) is 2.33. The van der Waals surface area contributed by atoms with Gasteiger partial charge in [-0.05, 0) is 42.3 Å². The fraction of sp³-hybridized carbons (Fsp3) is 0.154. The van der Waals surface area contributed by atoms with Gasteiger partial charge >= 0.3 is 0 Å². The molecule has 5 nitrogen and oxygen atoms in total. The van der Waals surface area contributed by atoms with E-state index in [4.69, 9.17) is 16.7 Å². The summed E-state index contributed by atoms with van der Waals surface area (Å²) in [6, 6.07) is 7.93. The zero-order valence-electron chi connectivity index (χ0n) is 10.7. The van der Waals surface area contributed by atoms with Gasteiger partial charge in [0.2, 0.25) is 10.0 Å². The maximum atomic E-state index is 12.4. The number of rotatable bonds is 2. The molecule has 1 aromatic carbocycles. The number of primary sulfonamides is 1. The second kappa shape index (κ2) is 5.10. The Kier molecular flexibility index (Phi) is 3.53. The smallest absolute Gasteiger partial charge is 0.268 e. The first kappa shape index (κ1) is 14.5. The van der Waals surface area contributed by atoms with Gasteiger partial charge in [0, 0.05) is 12.2 Å². The van der Waals surface area contributed by atoms with Crippen molar-refractivity contribution in [3.05, 3.63) is 45.1 Å². The number of halogens is 1. The maximum absolute atomic E-state index is 12.4. The number of nitrogens with zero attached hydrogens (tertiary/aromatic N) is 1. The third kappa shape index (κ3) is 2.69. The molecule has 1 aromatic heterocycles. The van der Waals surface area contributed by atoms with Gasteiger partial charge in [-0.3, -0.25) is 4.79 Å². The van der Waals surface area contributed by atoms with Crippen molar-refractivity contribution < 1.29 is 13.2 Å². The van der Waals surface area contributed by atoms with Crippen LogP contribution in [0.4, 0.5) is 5.69 Å². The molecule has 0 radical (unpaired) electrons. The molecule has 0 bridgehead atoms. The third-order valence-corrected chi connectivity index (χ3v) is 5.43. The summed E-state index contributed by atoms with van der Waals surface area (Å²) in [7, 11) is -3.73. The highest BCUT2D eigenvalue weighted by Gasteiger charge is 2.27. The molecule has 2 aromatic rings. The average molecular weight is 343 g/mol. The van der Waals surface area contributed by atoms with E-state index >= 15 is 0 Å². The number of amides is 1. The molecule has 2 N–H and O–H groups in total. The number of fused-ring (bicyclic) bond motifs is 1. The molecule has 0 aliphatic carbocycles. The van der Waals surface area contributed by atoms with Crippen LogP contribution in [-0.2, 0) is 16.4 Å². The fourth-order valence-corrected chi connectivity index (χ4v) is 3.88. The van der Waals surface area contributed by atoms with Crippen molar-refractivity contribution in [2.24, 2.45) is 5.14 Å². The molecular formula is C13H11ClN2O3S2. The number of carbonyl (C=O) groups is 1. The second-order valence-electron chi connectivity index (χ2n) is 4.65. The lowest BCUT2D eigenvalue weighted by Gasteiger charge is -2.16. The first-order chi connectivity index (χ1) is 9.86. The number of thiophene rings is 1. The molecule has 3 rings (SSSR count). The quantitative estimate of drug-likeness (QED) is 0.908. The van der Waals surface area contributed by atoms with Gasteiger partial charge in [0.25, 0.3) is 5.91 Å². The van der Waals surface area contributed by atoms with E-state index < -0.39 is 10.0 Å². The Bertz CT molecular complexity index is 830. The number of benzene rings is 1. The minimum absolute atomic E-state index is 0.0646. The topological polar surface area (TPSA) is 80.5 Å². The van der Waals surface area contributed by atoms with Crippen molar-refractivity contribution in [2.75, 3.05) is 11.4 Å². The second-order valence-corrected chi connectivity index (χ2v) is 7.92. The van der Waals surface area contributed by atoms with E-state index in [1.807, 2.05) is 0 Å². The van der Waals surface area contributed by atoms with Crippen molar-refractivity contribution >= 4 is 44.6 Å². The van der Waals surface area contributed by atoms with Crippen LogP contribution in [0.2, 0.25) is 4.34 Å². The Morgan fingerprint density at radius 2 is 2.05 bits per heavy atom. The number of hydrogen-bond acceptors (Lipinski definition) is 4. The van der Waals surface area contributed by atoms with Crippen molar-refractivity contribution in [3.8, 4) is 0 Å². The Labute approximate surface area is 131 Å². The highest BCUT2D eigenvalue weighted by atomic mass is 35.5. The van der Waals surface area contributed by atoms with Crippen LogP contribution in [0.15, 0.2) is 35.2 Å². The standard InChI is InChI=1S/C13H11ClN2O3S2/c14-12-4-3-11(20-12)13(17)16-6-5-8-7-9(21(15,18)19)1-2-10(8)16/h1-4,7H,5-6H2,(H2,15,18,19). The molecule has 0 unspecified atom stereocenters. The first-order valence-corrected chi connectivity index (χ1v) is 8.83. The van der Waals surface area contributed by atoms with Crippen LogP contribution in [0.3, 0.4) is 0 Å². The predicted molar refractivity (Wildman–Crippen MR) is 82.5 cm³/mol. The molecule has 1 amide bonds. The van der Waals surface area contributed by atoms with Crippen LogP contribution < -0.4 is 10.0 Å². The lowest BCUT2D eigenvalue weighted by molar-refractivity contribution is 0.0993. The molecule has 2 heterocycles. The van der Waals surface area contributed by atoms with E-state index in [1.54, 1.807) is 23.1 Å². The Morgan fingerprint density at radius 3 is 2.67 bits per heavy atom. The molecule has 110 valence electrons. The molecule has 8 heteroatoms. The van der Waals surface area contributed by atoms with Crippen molar-refractivity contribution in [2.45, 2.75) is 11.3 Å². The van der Waals surface area contributed by atoms with Gasteiger partial charge in [0.1, 0.15) is 0 Å². The summed E-state index contributed by atoms with van der Waals surface area (Å²) in [5, 5.41) is 5.12. The highest BCUT2D eigenvalue weighted by molar-refractivity contribution is 7.89. The molecule has 0 saturated carbocycles. The van der Waals surface area contributed by atoms with Gasteiger partial charge in [0.05, 0.1) is 14.1 Å². The van der Waals surface area contributed by atoms with Gasteiger partial charge in [-0.1, -0.05) is 11.6 Å². The van der Waals surface area contributed by atoms with Gasteiger partial charge in [-0.2, -0.15) is 0 Å². The van der Waals surface area contributed by atoms with Crippen LogP contribution in [0.5, 0.6) is 0 Å². The van der Waals surface area contributed by atoms with Crippen LogP contribution in [0, 0.1) is 0 Å². The summed E-state index contributed by atoms with van der Waals surface area (Å²) in [5.41, 5.74) is 1.52. The Morgan fingerprint density at radius 1 is 1.29 bits per heavy atom. The van der Waals surface area contributed by atoms with Crippen molar-refractivity contribution in [1.82, 2.24) is 0 Å². The minimum atomic E-state index is -3.73. The molecule has 0 atom stereocenters. The molecule has 21 heavy (non-hydrogen) atoms. The maximum Gasteiger partial charge on any atom is 0.268 e. The minimum Gasteiger partial charge on any atom is -0.307 e. The van der Waals surface area contributed by atoms with E-state index in [9.17, 15) is 13.2 Å². The van der Waals surface area contributed by atoms with Crippen LogP contribution >= 0.6 is 22.9 Å². The monoisotopic (exact) mass is 342 g/mol. The van der Waals surface area contributed by atoms with Gasteiger partial charge in [0.15, 0.2) is 0 Å². The van der Waals surface area contributed by atoms with Crippen molar-refractivity contribution in [1.29, 1.82) is 0 Å². The van der Waals surface area contributed by atoms with Gasteiger partial charge < -0.3 is 4.90 Å². The predicted octanol–water partition coefficient (Wildman–Crippen LogP) is 2.25. The van der Waals surface area contributed by atoms with Crippen LogP contribution in [0.25, 0.3) is 0 Å². The number of nitrogens with two attached hydrogens (primary N) is 1. The summed E-state index contributed by atoms with van der Waals surface area (Å²) >= 11 is 7.07. The number of carbonyl (C=O) groups excluding carboxylic acids is 1. The molecule has 1 aliphatic heterocycles. The molecular weight excluding hydrogens is 332 g/mol. The number of hydrogen-bond donors (Lipinski definition) is 1. The van der Waals surface area contributed by atoms with E-state index in [0.29, 0.717) is 22.2 Å². The summed E-state index contributed by atoms with van der Waals surface area (Å²) in [6.07, 6.45) is 0.601. The molecule has 0 saturated heterocycles. The Hall–Kier alpha value is -1.41. The summed E-state index contributed by atoms with van der Waals surface area (Å²) < 4.78 is 23.3.